The van der Waals surface area contributed by atoms with Gasteiger partial charge in [-0.25, -0.2) is 14.6 Å². The SMILES string of the molecule is O=C1C(=Ic2ccc(-c3ccccc3)cc2)C(=O)N(c2ccccc2)C(=O)N1c1ccccc1. The van der Waals surface area contributed by atoms with Gasteiger partial charge in [-0.3, -0.25) is 9.59 Å². The minimum Gasteiger partial charge on any atom is -0.267 e. The fraction of sp³-hybridized carbons (Fsp3) is 0. The Hall–Kier alpha value is -3.91. The Morgan fingerprint density at radius 2 is 0.882 bits per heavy atom. The summed E-state index contributed by atoms with van der Waals surface area (Å²) in [6.07, 6.45) is 0. The molecule has 5 nitrogen and oxygen atoms in total. The second kappa shape index (κ2) is 9.52. The molecule has 1 fully saturated rings. The first kappa shape index (κ1) is 21.9. The summed E-state index contributed by atoms with van der Waals surface area (Å²) < 4.78 is 1.07. The number of imide groups is 2. The summed E-state index contributed by atoms with van der Waals surface area (Å²) in [4.78, 5) is 42.5. The van der Waals surface area contributed by atoms with E-state index in [0.717, 1.165) is 24.5 Å². The predicted molar refractivity (Wildman–Crippen MR) is 143 cm³/mol. The normalized spacial score (nSPS) is 14.0. The number of amides is 4. The number of barbiturate groups is 1. The van der Waals surface area contributed by atoms with Gasteiger partial charge in [-0.05, 0) is 47.5 Å². The molecule has 1 aliphatic rings. The van der Waals surface area contributed by atoms with Crippen LogP contribution in [-0.4, -0.2) is 21.4 Å². The van der Waals surface area contributed by atoms with Gasteiger partial charge in [0.25, 0.3) is 11.8 Å². The maximum Gasteiger partial charge on any atom is 0.343 e. The van der Waals surface area contributed by atoms with Gasteiger partial charge in [0.15, 0.2) is 0 Å². The van der Waals surface area contributed by atoms with E-state index in [2.05, 4.69) is 0 Å². The molecule has 1 heterocycles. The molecule has 0 unspecified atom stereocenters. The van der Waals surface area contributed by atoms with E-state index in [0.29, 0.717) is 11.4 Å². The highest BCUT2D eigenvalue weighted by Crippen LogP contribution is 2.29. The van der Waals surface area contributed by atoms with Gasteiger partial charge in [0.1, 0.15) is 3.51 Å². The van der Waals surface area contributed by atoms with Crippen LogP contribution in [0, 0.1) is 3.57 Å². The maximum atomic E-state index is 13.5. The van der Waals surface area contributed by atoms with Gasteiger partial charge in [-0.15, -0.1) is 0 Å². The van der Waals surface area contributed by atoms with E-state index in [1.165, 1.54) is 0 Å². The third-order valence-electron chi connectivity index (χ3n) is 5.35. The van der Waals surface area contributed by atoms with Crippen LogP contribution in [0.1, 0.15) is 0 Å². The lowest BCUT2D eigenvalue weighted by atomic mass is 10.1. The number of halogens is 1. The second-order valence-electron chi connectivity index (χ2n) is 7.52. The summed E-state index contributed by atoms with van der Waals surface area (Å²) in [7, 11) is 0. The van der Waals surface area contributed by atoms with Crippen LogP contribution in [0.5, 0.6) is 0 Å². The summed E-state index contributed by atoms with van der Waals surface area (Å²) >= 11 is -1.13. The number of rotatable bonds is 4. The minimum atomic E-state index is -1.13. The van der Waals surface area contributed by atoms with Gasteiger partial charge < -0.3 is 0 Å². The number of carbonyl (C=O) groups is 3. The Morgan fingerprint density at radius 3 is 1.35 bits per heavy atom. The van der Waals surface area contributed by atoms with E-state index >= 15 is 0 Å². The topological polar surface area (TPSA) is 57.7 Å². The average Bonchev–Trinajstić information content (AvgIpc) is 2.89. The molecular formula is C28H19IN2O3. The van der Waals surface area contributed by atoms with Crippen molar-refractivity contribution >= 4 is 53.5 Å². The first-order valence-electron chi connectivity index (χ1n) is 10.6. The molecule has 166 valence electrons. The first-order chi connectivity index (χ1) is 16.6. The average molecular weight is 558 g/mol. The predicted octanol–water partition coefficient (Wildman–Crippen LogP) is 5.87. The first-order valence-corrected chi connectivity index (χ1v) is 12.8. The van der Waals surface area contributed by atoms with Crippen LogP contribution in [0.15, 0.2) is 115 Å². The van der Waals surface area contributed by atoms with Crippen LogP contribution in [0.2, 0.25) is 0 Å². The van der Waals surface area contributed by atoms with Crippen molar-refractivity contribution in [3.05, 3.63) is 119 Å². The summed E-state index contributed by atoms with van der Waals surface area (Å²) in [6, 6.07) is 34.7. The Kier molecular flexibility index (Phi) is 6.14. The van der Waals surface area contributed by atoms with Crippen molar-refractivity contribution in [2.24, 2.45) is 0 Å². The molecular weight excluding hydrogens is 539 g/mol. The highest BCUT2D eigenvalue weighted by molar-refractivity contribution is 14.2. The van der Waals surface area contributed by atoms with E-state index < -0.39 is 38.6 Å². The van der Waals surface area contributed by atoms with E-state index in [-0.39, 0.29) is 3.51 Å². The number of hydrogen-bond acceptors (Lipinski definition) is 3. The Balaban J connectivity index is 1.57. The summed E-state index contributed by atoms with van der Waals surface area (Å²) in [5.74, 6) is -1.10. The molecule has 1 aliphatic heterocycles. The fourth-order valence-corrected chi connectivity index (χ4v) is 5.98. The zero-order valence-electron chi connectivity index (χ0n) is 18.0. The molecule has 0 aliphatic carbocycles. The highest BCUT2D eigenvalue weighted by Gasteiger charge is 2.44. The molecule has 0 saturated carbocycles. The van der Waals surface area contributed by atoms with Gasteiger partial charge in [0, 0.05) is 3.57 Å². The molecule has 34 heavy (non-hydrogen) atoms. The van der Waals surface area contributed by atoms with E-state index in [9.17, 15) is 14.4 Å². The van der Waals surface area contributed by atoms with Crippen molar-refractivity contribution in [2.45, 2.75) is 0 Å². The number of benzene rings is 4. The lowest BCUT2D eigenvalue weighted by Crippen LogP contribution is -2.60. The van der Waals surface area contributed by atoms with E-state index in [1.54, 1.807) is 48.5 Å². The number of carbonyl (C=O) groups excluding carboxylic acids is 3. The second-order valence-corrected chi connectivity index (χ2v) is 10.4. The van der Waals surface area contributed by atoms with Gasteiger partial charge in [0.05, 0.1) is 11.4 Å². The zero-order valence-corrected chi connectivity index (χ0v) is 20.1. The molecule has 0 spiro atoms. The number of anilines is 2. The Morgan fingerprint density at radius 1 is 0.471 bits per heavy atom. The summed E-state index contributed by atoms with van der Waals surface area (Å²) in [5.41, 5.74) is 3.03. The van der Waals surface area contributed by atoms with Crippen LogP contribution >= 0.6 is 20.7 Å². The standard InChI is InChI=1S/C28H19IN2O3/c32-26-25(29-22-18-16-21(17-19-22)20-10-4-1-5-11-20)27(33)31(24-14-8-3-9-15-24)28(34)30(26)23-12-6-2-7-13-23/h1-19H. The monoisotopic (exact) mass is 558 g/mol. The van der Waals surface area contributed by atoms with Crippen molar-refractivity contribution in [1.82, 2.24) is 0 Å². The molecule has 6 heteroatoms. The number of urea groups is 1. The largest absolute Gasteiger partial charge is 0.343 e. The Labute approximate surface area is 207 Å². The van der Waals surface area contributed by atoms with Crippen molar-refractivity contribution < 1.29 is 14.4 Å². The van der Waals surface area contributed by atoms with Gasteiger partial charge >= 0.3 is 6.03 Å². The molecule has 4 amide bonds. The van der Waals surface area contributed by atoms with Gasteiger partial charge in [-0.1, -0.05) is 99.6 Å². The third-order valence-corrected chi connectivity index (χ3v) is 8.15. The molecule has 4 aromatic carbocycles. The molecule has 0 N–H and O–H groups in total. The van der Waals surface area contributed by atoms with E-state index in [1.807, 2.05) is 66.7 Å². The van der Waals surface area contributed by atoms with Crippen LogP contribution in [0.4, 0.5) is 16.2 Å². The van der Waals surface area contributed by atoms with Crippen LogP contribution < -0.4 is 9.80 Å². The van der Waals surface area contributed by atoms with Crippen LogP contribution in [-0.2, 0) is 9.59 Å². The fourth-order valence-electron chi connectivity index (χ4n) is 3.70. The zero-order chi connectivity index (χ0) is 23.5. The molecule has 5 rings (SSSR count). The van der Waals surface area contributed by atoms with Crippen molar-refractivity contribution in [3.63, 3.8) is 0 Å². The van der Waals surface area contributed by atoms with Crippen LogP contribution in [0.25, 0.3) is 11.1 Å². The number of nitrogens with zero attached hydrogens (tertiary/aromatic N) is 2. The quantitative estimate of drug-likeness (QED) is 0.295. The summed E-state index contributed by atoms with van der Waals surface area (Å²) in [5, 5.41) is 0. The maximum absolute atomic E-state index is 13.5. The lowest BCUT2D eigenvalue weighted by molar-refractivity contribution is -0.116. The van der Waals surface area contributed by atoms with Gasteiger partial charge in [0.2, 0.25) is 0 Å². The molecule has 0 bridgehead atoms. The van der Waals surface area contributed by atoms with E-state index in [4.69, 9.17) is 0 Å². The molecule has 0 radical (unpaired) electrons. The highest BCUT2D eigenvalue weighted by atomic mass is 127. The third kappa shape index (κ3) is 4.20. The Bertz CT molecular complexity index is 1320. The molecule has 1 saturated heterocycles. The van der Waals surface area contributed by atoms with Gasteiger partial charge in [-0.2, -0.15) is 0 Å². The smallest absolute Gasteiger partial charge is 0.267 e. The van der Waals surface area contributed by atoms with Crippen molar-refractivity contribution in [3.8, 4) is 11.1 Å². The number of para-hydroxylation sites is 2. The minimum absolute atomic E-state index is 0.151. The van der Waals surface area contributed by atoms with Crippen molar-refractivity contribution in [1.29, 1.82) is 0 Å². The molecule has 0 aromatic heterocycles. The van der Waals surface area contributed by atoms with Crippen LogP contribution in [0.3, 0.4) is 0 Å². The summed E-state index contributed by atoms with van der Waals surface area (Å²) in [6.45, 7) is 0. The molecule has 4 aromatic rings. The number of hydrogen-bond donors (Lipinski definition) is 0. The lowest BCUT2D eigenvalue weighted by Gasteiger charge is -2.33. The van der Waals surface area contributed by atoms with Crippen molar-refractivity contribution in [2.75, 3.05) is 9.80 Å². The molecule has 0 atom stereocenters.